The molecule has 1 fully saturated rings. The van der Waals surface area contributed by atoms with Crippen LogP contribution >= 0.6 is 0 Å². The van der Waals surface area contributed by atoms with Crippen LogP contribution in [0.4, 0.5) is 17.3 Å². The Balaban J connectivity index is 1.60. The maximum atomic E-state index is 8.83. The molecule has 3 heterocycles. The van der Waals surface area contributed by atoms with E-state index in [0.717, 1.165) is 36.9 Å². The Hall–Kier alpha value is -3.58. The average molecular weight is 376 g/mol. The molecular formula is C18H20N10. The lowest BCUT2D eigenvalue weighted by Crippen LogP contribution is -2.35. The quantitative estimate of drug-likeness (QED) is 0.523. The smallest absolute Gasteiger partial charge is 0.158 e. The van der Waals surface area contributed by atoms with E-state index < -0.39 is 0 Å². The largest absolute Gasteiger partial charge is 0.380 e. The van der Waals surface area contributed by atoms with E-state index in [4.69, 9.17) is 11.0 Å². The summed E-state index contributed by atoms with van der Waals surface area (Å²) in [5.74, 6) is 1.00. The number of anilines is 3. The molecule has 1 saturated carbocycles. The molecule has 5 N–H and O–H groups in total. The molecule has 0 spiro atoms. The third-order valence-corrected chi connectivity index (χ3v) is 4.66. The standard InChI is InChI=1S/C18H20N10/c19-6-14-9-22-17(10-21-14)26-16-5-15(25-13-3-1-2-12(20)4-13)18(28-27-16)11-7-23-24-8-11/h5,7-10,12-13H,1-4,20H2,(H,23,24)(H2,22,25,26,27). The summed E-state index contributed by atoms with van der Waals surface area (Å²) in [4.78, 5) is 8.16. The van der Waals surface area contributed by atoms with E-state index in [9.17, 15) is 0 Å². The summed E-state index contributed by atoms with van der Waals surface area (Å²) in [6.07, 6.45) is 10.5. The van der Waals surface area contributed by atoms with E-state index in [2.05, 4.69) is 41.0 Å². The molecule has 0 aromatic carbocycles. The fraction of sp³-hybridized carbons (Fsp3) is 0.333. The van der Waals surface area contributed by atoms with Crippen molar-refractivity contribution in [2.24, 2.45) is 5.73 Å². The Kier molecular flexibility index (Phi) is 5.07. The van der Waals surface area contributed by atoms with Gasteiger partial charge in [0.15, 0.2) is 11.5 Å². The SMILES string of the molecule is N#Cc1cnc(Nc2cc(NC3CCCC(N)C3)c(-c3cn[nH]c3)nn2)cn1. The molecule has 2 unspecified atom stereocenters. The molecule has 28 heavy (non-hydrogen) atoms. The van der Waals surface area contributed by atoms with E-state index in [0.29, 0.717) is 17.3 Å². The predicted octanol–water partition coefficient (Wildman–Crippen LogP) is 1.95. The minimum absolute atomic E-state index is 0.213. The first-order valence-corrected chi connectivity index (χ1v) is 9.09. The zero-order valence-electron chi connectivity index (χ0n) is 15.1. The minimum Gasteiger partial charge on any atom is -0.380 e. The monoisotopic (exact) mass is 376 g/mol. The Morgan fingerprint density at radius 1 is 1.14 bits per heavy atom. The molecule has 4 rings (SSSR count). The van der Waals surface area contributed by atoms with Crippen molar-refractivity contribution in [2.45, 2.75) is 37.8 Å². The first-order chi connectivity index (χ1) is 13.7. The molecule has 10 heteroatoms. The fourth-order valence-electron chi connectivity index (χ4n) is 3.32. The molecule has 1 aliphatic carbocycles. The van der Waals surface area contributed by atoms with E-state index >= 15 is 0 Å². The van der Waals surface area contributed by atoms with Crippen LogP contribution in [0, 0.1) is 11.3 Å². The Labute approximate surface area is 161 Å². The third kappa shape index (κ3) is 4.05. The summed E-state index contributed by atoms with van der Waals surface area (Å²) in [5.41, 5.74) is 8.79. The summed E-state index contributed by atoms with van der Waals surface area (Å²) in [5, 5.41) is 30.9. The summed E-state index contributed by atoms with van der Waals surface area (Å²) < 4.78 is 0. The molecule has 10 nitrogen and oxygen atoms in total. The topological polar surface area (TPSA) is 154 Å². The van der Waals surface area contributed by atoms with Crippen LogP contribution in [-0.4, -0.2) is 42.4 Å². The predicted molar refractivity (Wildman–Crippen MR) is 103 cm³/mol. The zero-order valence-corrected chi connectivity index (χ0v) is 15.1. The maximum Gasteiger partial charge on any atom is 0.158 e. The second-order valence-corrected chi connectivity index (χ2v) is 6.77. The van der Waals surface area contributed by atoms with Crippen LogP contribution in [0.5, 0.6) is 0 Å². The Bertz CT molecular complexity index is 961. The van der Waals surface area contributed by atoms with Gasteiger partial charge in [0, 0.05) is 29.9 Å². The molecule has 0 radical (unpaired) electrons. The minimum atomic E-state index is 0.213. The van der Waals surface area contributed by atoms with E-state index in [1.165, 1.54) is 12.4 Å². The first kappa shape index (κ1) is 17.8. The van der Waals surface area contributed by atoms with Crippen molar-refractivity contribution in [3.8, 4) is 17.3 Å². The molecular weight excluding hydrogens is 356 g/mol. The van der Waals surface area contributed by atoms with Crippen molar-refractivity contribution < 1.29 is 0 Å². The molecule has 3 aromatic rings. The van der Waals surface area contributed by atoms with E-state index in [-0.39, 0.29) is 17.8 Å². The van der Waals surface area contributed by atoms with Gasteiger partial charge in [0.2, 0.25) is 0 Å². The van der Waals surface area contributed by atoms with Gasteiger partial charge in [0.1, 0.15) is 17.6 Å². The van der Waals surface area contributed by atoms with Crippen LogP contribution < -0.4 is 16.4 Å². The van der Waals surface area contributed by atoms with Gasteiger partial charge in [-0.05, 0) is 25.7 Å². The van der Waals surface area contributed by atoms with Crippen LogP contribution in [0.2, 0.25) is 0 Å². The number of nitrogens with one attached hydrogen (secondary N) is 3. The molecule has 0 aliphatic heterocycles. The number of nitriles is 1. The highest BCUT2D eigenvalue weighted by molar-refractivity contribution is 5.75. The number of H-pyrrole nitrogens is 1. The van der Waals surface area contributed by atoms with Gasteiger partial charge in [-0.2, -0.15) is 10.4 Å². The number of aromatic nitrogens is 6. The molecule has 3 aromatic heterocycles. The molecule has 2 atom stereocenters. The molecule has 0 amide bonds. The van der Waals surface area contributed by atoms with Crippen molar-refractivity contribution in [1.29, 1.82) is 5.26 Å². The Morgan fingerprint density at radius 3 is 2.79 bits per heavy atom. The van der Waals surface area contributed by atoms with Crippen LogP contribution in [0.15, 0.2) is 30.9 Å². The third-order valence-electron chi connectivity index (χ3n) is 4.66. The second-order valence-electron chi connectivity index (χ2n) is 6.77. The van der Waals surface area contributed by atoms with Crippen molar-refractivity contribution >= 4 is 17.3 Å². The van der Waals surface area contributed by atoms with Gasteiger partial charge in [-0.15, -0.1) is 10.2 Å². The summed E-state index contributed by atoms with van der Waals surface area (Å²) in [6.45, 7) is 0. The molecule has 142 valence electrons. The highest BCUT2D eigenvalue weighted by atomic mass is 15.2. The number of aromatic amines is 1. The number of nitrogens with zero attached hydrogens (tertiary/aromatic N) is 6. The number of hydrogen-bond acceptors (Lipinski definition) is 9. The van der Waals surface area contributed by atoms with Crippen molar-refractivity contribution in [2.75, 3.05) is 10.6 Å². The lowest BCUT2D eigenvalue weighted by atomic mass is 9.91. The van der Waals surface area contributed by atoms with Crippen LogP contribution in [0.25, 0.3) is 11.3 Å². The molecule has 0 saturated heterocycles. The van der Waals surface area contributed by atoms with Crippen LogP contribution in [-0.2, 0) is 0 Å². The van der Waals surface area contributed by atoms with Gasteiger partial charge >= 0.3 is 0 Å². The highest BCUT2D eigenvalue weighted by Crippen LogP contribution is 2.30. The summed E-state index contributed by atoms with van der Waals surface area (Å²) in [7, 11) is 0. The zero-order chi connectivity index (χ0) is 19.3. The first-order valence-electron chi connectivity index (χ1n) is 9.09. The van der Waals surface area contributed by atoms with Gasteiger partial charge in [0.05, 0.1) is 24.3 Å². The summed E-state index contributed by atoms with van der Waals surface area (Å²) >= 11 is 0. The van der Waals surface area contributed by atoms with Gasteiger partial charge in [-0.3, -0.25) is 5.10 Å². The second kappa shape index (κ2) is 7.98. The lowest BCUT2D eigenvalue weighted by molar-refractivity contribution is 0.409. The lowest BCUT2D eigenvalue weighted by Gasteiger charge is -2.28. The number of nitrogens with two attached hydrogens (primary N) is 1. The van der Waals surface area contributed by atoms with E-state index in [1.54, 1.807) is 12.4 Å². The molecule has 1 aliphatic rings. The summed E-state index contributed by atoms with van der Waals surface area (Å²) in [6, 6.07) is 4.32. The van der Waals surface area contributed by atoms with Gasteiger partial charge in [-0.25, -0.2) is 9.97 Å². The normalized spacial score (nSPS) is 19.0. The number of hydrogen-bond donors (Lipinski definition) is 4. The average Bonchev–Trinajstić information content (AvgIpc) is 3.23. The van der Waals surface area contributed by atoms with Gasteiger partial charge < -0.3 is 16.4 Å². The number of rotatable bonds is 5. The van der Waals surface area contributed by atoms with Crippen molar-refractivity contribution in [3.05, 3.63) is 36.5 Å². The maximum absolute atomic E-state index is 8.83. The van der Waals surface area contributed by atoms with Crippen LogP contribution in [0.1, 0.15) is 31.4 Å². The van der Waals surface area contributed by atoms with Gasteiger partial charge in [0.25, 0.3) is 0 Å². The van der Waals surface area contributed by atoms with E-state index in [1.807, 2.05) is 12.1 Å². The Morgan fingerprint density at radius 2 is 2.07 bits per heavy atom. The molecule has 0 bridgehead atoms. The van der Waals surface area contributed by atoms with Crippen LogP contribution in [0.3, 0.4) is 0 Å². The highest BCUT2D eigenvalue weighted by Gasteiger charge is 2.21. The van der Waals surface area contributed by atoms with Crippen molar-refractivity contribution in [1.82, 2.24) is 30.4 Å². The fourth-order valence-corrected chi connectivity index (χ4v) is 3.32. The van der Waals surface area contributed by atoms with Gasteiger partial charge in [-0.1, -0.05) is 0 Å². The van der Waals surface area contributed by atoms with Crippen molar-refractivity contribution in [3.63, 3.8) is 0 Å².